The van der Waals surface area contributed by atoms with Gasteiger partial charge in [-0.15, -0.1) is 0 Å². The molecular weight excluding hydrogens is 292 g/mol. The summed E-state index contributed by atoms with van der Waals surface area (Å²) >= 11 is 0. The SMILES string of the molecule is CCCNC(=O)C(=O)NCC1CCN(Cc2cccnc2)CC1. The highest BCUT2D eigenvalue weighted by molar-refractivity contribution is 6.35. The number of amides is 2. The zero-order chi connectivity index (χ0) is 16.5. The molecule has 1 aliphatic heterocycles. The van der Waals surface area contributed by atoms with Gasteiger partial charge in [0.05, 0.1) is 0 Å². The molecule has 1 aromatic rings. The summed E-state index contributed by atoms with van der Waals surface area (Å²) in [5.41, 5.74) is 1.23. The highest BCUT2D eigenvalue weighted by Gasteiger charge is 2.21. The van der Waals surface area contributed by atoms with Gasteiger partial charge in [0.25, 0.3) is 0 Å². The van der Waals surface area contributed by atoms with Crippen LogP contribution in [0.25, 0.3) is 0 Å². The van der Waals surface area contributed by atoms with E-state index in [0.717, 1.165) is 38.9 Å². The molecule has 1 fully saturated rings. The molecule has 1 saturated heterocycles. The minimum atomic E-state index is -0.527. The van der Waals surface area contributed by atoms with E-state index in [2.05, 4.69) is 26.6 Å². The molecule has 0 saturated carbocycles. The van der Waals surface area contributed by atoms with E-state index in [4.69, 9.17) is 0 Å². The summed E-state index contributed by atoms with van der Waals surface area (Å²) in [5, 5.41) is 5.34. The summed E-state index contributed by atoms with van der Waals surface area (Å²) in [6.07, 6.45) is 6.60. The van der Waals surface area contributed by atoms with E-state index < -0.39 is 11.8 Å². The predicted molar refractivity (Wildman–Crippen MR) is 88.5 cm³/mol. The van der Waals surface area contributed by atoms with Gasteiger partial charge in [0.1, 0.15) is 0 Å². The van der Waals surface area contributed by atoms with Crippen molar-refractivity contribution in [1.29, 1.82) is 0 Å². The fourth-order valence-electron chi connectivity index (χ4n) is 2.73. The largest absolute Gasteiger partial charge is 0.348 e. The monoisotopic (exact) mass is 318 g/mol. The van der Waals surface area contributed by atoms with Crippen molar-refractivity contribution in [2.45, 2.75) is 32.7 Å². The summed E-state index contributed by atoms with van der Waals surface area (Å²) in [5.74, 6) is -0.597. The fraction of sp³-hybridized carbons (Fsp3) is 0.588. The second-order valence-electron chi connectivity index (χ2n) is 6.05. The average Bonchev–Trinajstić information content (AvgIpc) is 2.59. The van der Waals surface area contributed by atoms with Crippen LogP contribution >= 0.6 is 0 Å². The lowest BCUT2D eigenvalue weighted by Crippen LogP contribution is -2.43. The first-order valence-corrected chi connectivity index (χ1v) is 8.36. The Labute approximate surface area is 137 Å². The Balaban J connectivity index is 1.65. The minimum Gasteiger partial charge on any atom is -0.348 e. The third-order valence-corrected chi connectivity index (χ3v) is 4.13. The first kappa shape index (κ1) is 17.4. The third kappa shape index (κ3) is 5.98. The van der Waals surface area contributed by atoms with Gasteiger partial charge in [0.15, 0.2) is 0 Å². The van der Waals surface area contributed by atoms with E-state index in [1.54, 1.807) is 6.20 Å². The molecule has 0 spiro atoms. The molecule has 2 amide bonds. The molecule has 0 bridgehead atoms. The van der Waals surface area contributed by atoms with Crippen molar-refractivity contribution >= 4 is 11.8 Å². The van der Waals surface area contributed by atoms with Gasteiger partial charge in [0.2, 0.25) is 0 Å². The first-order chi connectivity index (χ1) is 11.2. The average molecular weight is 318 g/mol. The van der Waals surface area contributed by atoms with Crippen molar-refractivity contribution in [3.63, 3.8) is 0 Å². The van der Waals surface area contributed by atoms with E-state index in [-0.39, 0.29) is 0 Å². The molecule has 1 aliphatic rings. The molecule has 6 heteroatoms. The van der Waals surface area contributed by atoms with Crippen molar-refractivity contribution < 1.29 is 9.59 Å². The number of carbonyl (C=O) groups excluding carboxylic acids is 2. The van der Waals surface area contributed by atoms with Crippen LogP contribution in [0.4, 0.5) is 0 Å². The van der Waals surface area contributed by atoms with Crippen LogP contribution in [0.2, 0.25) is 0 Å². The number of likely N-dealkylation sites (tertiary alicyclic amines) is 1. The van der Waals surface area contributed by atoms with Gasteiger partial charge >= 0.3 is 11.8 Å². The Bertz CT molecular complexity index is 499. The molecular formula is C17H26N4O2. The van der Waals surface area contributed by atoms with Gasteiger partial charge in [-0.1, -0.05) is 13.0 Å². The molecule has 1 aromatic heterocycles. The summed E-state index contributed by atoms with van der Waals surface area (Å²) in [6, 6.07) is 4.05. The third-order valence-electron chi connectivity index (χ3n) is 4.13. The topological polar surface area (TPSA) is 74.3 Å². The Morgan fingerprint density at radius 3 is 2.65 bits per heavy atom. The van der Waals surface area contributed by atoms with Gasteiger partial charge in [-0.3, -0.25) is 19.5 Å². The number of hydrogen-bond donors (Lipinski definition) is 2. The lowest BCUT2D eigenvalue weighted by molar-refractivity contribution is -0.139. The second kappa shape index (κ2) is 9.25. The number of nitrogens with zero attached hydrogens (tertiary/aromatic N) is 2. The number of carbonyl (C=O) groups is 2. The molecule has 2 N–H and O–H groups in total. The summed E-state index contributed by atoms with van der Waals surface area (Å²) in [7, 11) is 0. The van der Waals surface area contributed by atoms with Crippen molar-refractivity contribution in [2.24, 2.45) is 5.92 Å². The normalized spacial score (nSPS) is 16.0. The fourth-order valence-corrected chi connectivity index (χ4v) is 2.73. The molecule has 2 heterocycles. The molecule has 23 heavy (non-hydrogen) atoms. The Morgan fingerprint density at radius 2 is 2.00 bits per heavy atom. The zero-order valence-corrected chi connectivity index (χ0v) is 13.8. The highest BCUT2D eigenvalue weighted by atomic mass is 16.2. The molecule has 0 atom stereocenters. The number of rotatable bonds is 6. The quantitative estimate of drug-likeness (QED) is 0.766. The van der Waals surface area contributed by atoms with Gasteiger partial charge in [0, 0.05) is 32.0 Å². The van der Waals surface area contributed by atoms with Gasteiger partial charge < -0.3 is 10.6 Å². The summed E-state index contributed by atoms with van der Waals surface area (Å²) in [6.45, 7) is 6.02. The van der Waals surface area contributed by atoms with Gasteiger partial charge in [-0.05, 0) is 49.9 Å². The Kier molecular flexibility index (Phi) is 7.00. The van der Waals surface area contributed by atoms with E-state index >= 15 is 0 Å². The Morgan fingerprint density at radius 1 is 1.26 bits per heavy atom. The molecule has 6 nitrogen and oxygen atoms in total. The van der Waals surface area contributed by atoms with Crippen LogP contribution in [-0.2, 0) is 16.1 Å². The molecule has 0 aliphatic carbocycles. The van der Waals surface area contributed by atoms with E-state index in [1.807, 2.05) is 19.2 Å². The van der Waals surface area contributed by atoms with E-state index in [1.165, 1.54) is 5.56 Å². The maximum absolute atomic E-state index is 11.7. The molecule has 0 radical (unpaired) electrons. The predicted octanol–water partition coefficient (Wildman–Crippen LogP) is 0.936. The van der Waals surface area contributed by atoms with Crippen LogP contribution < -0.4 is 10.6 Å². The number of hydrogen-bond acceptors (Lipinski definition) is 4. The maximum Gasteiger partial charge on any atom is 0.309 e. The van der Waals surface area contributed by atoms with Crippen molar-refractivity contribution in [3.05, 3.63) is 30.1 Å². The maximum atomic E-state index is 11.7. The summed E-state index contributed by atoms with van der Waals surface area (Å²) in [4.78, 5) is 29.7. The number of nitrogens with one attached hydrogen (secondary N) is 2. The van der Waals surface area contributed by atoms with E-state index in [9.17, 15) is 9.59 Å². The standard InChI is InChI=1S/C17H26N4O2/c1-2-7-19-16(22)17(23)20-12-14-5-9-21(10-6-14)13-15-4-3-8-18-11-15/h3-4,8,11,14H,2,5-7,9-10,12-13H2,1H3,(H,19,22)(H,20,23). The van der Waals surface area contributed by atoms with Crippen molar-refractivity contribution in [1.82, 2.24) is 20.5 Å². The van der Waals surface area contributed by atoms with Crippen molar-refractivity contribution in [3.8, 4) is 0 Å². The molecule has 0 unspecified atom stereocenters. The Hall–Kier alpha value is -1.95. The lowest BCUT2D eigenvalue weighted by atomic mass is 9.96. The molecule has 0 aromatic carbocycles. The molecule has 126 valence electrons. The smallest absolute Gasteiger partial charge is 0.309 e. The number of aromatic nitrogens is 1. The summed E-state index contributed by atoms with van der Waals surface area (Å²) < 4.78 is 0. The highest BCUT2D eigenvalue weighted by Crippen LogP contribution is 2.18. The van der Waals surface area contributed by atoms with Crippen LogP contribution in [0.3, 0.4) is 0 Å². The molecule has 2 rings (SSSR count). The number of pyridine rings is 1. The van der Waals surface area contributed by atoms with Gasteiger partial charge in [-0.2, -0.15) is 0 Å². The van der Waals surface area contributed by atoms with Crippen LogP contribution in [0.15, 0.2) is 24.5 Å². The van der Waals surface area contributed by atoms with E-state index in [0.29, 0.717) is 19.0 Å². The van der Waals surface area contributed by atoms with Crippen LogP contribution in [0.1, 0.15) is 31.7 Å². The second-order valence-corrected chi connectivity index (χ2v) is 6.05. The zero-order valence-electron chi connectivity index (χ0n) is 13.8. The van der Waals surface area contributed by atoms with Gasteiger partial charge in [-0.25, -0.2) is 0 Å². The van der Waals surface area contributed by atoms with Crippen LogP contribution in [0.5, 0.6) is 0 Å². The lowest BCUT2D eigenvalue weighted by Gasteiger charge is -2.31. The van der Waals surface area contributed by atoms with Crippen LogP contribution in [0, 0.1) is 5.92 Å². The first-order valence-electron chi connectivity index (χ1n) is 8.36. The number of piperidine rings is 1. The van der Waals surface area contributed by atoms with Crippen LogP contribution in [-0.4, -0.2) is 47.9 Å². The minimum absolute atomic E-state index is 0.447. The van der Waals surface area contributed by atoms with Crippen molar-refractivity contribution in [2.75, 3.05) is 26.2 Å².